The summed E-state index contributed by atoms with van der Waals surface area (Å²) in [5.41, 5.74) is 1.90. The fourth-order valence-electron chi connectivity index (χ4n) is 3.02. The Morgan fingerprint density at radius 2 is 2.03 bits per heavy atom. The van der Waals surface area contributed by atoms with Crippen LogP contribution in [0.1, 0.15) is 5.89 Å². The zero-order valence-corrected chi connectivity index (χ0v) is 16.2. The summed E-state index contributed by atoms with van der Waals surface area (Å²) in [6.45, 7) is 0.179. The topological polar surface area (TPSA) is 87.5 Å². The molecule has 0 radical (unpaired) electrons. The lowest BCUT2D eigenvalue weighted by molar-refractivity contribution is 0.370. The molecule has 0 aliphatic rings. The Morgan fingerprint density at radius 1 is 1.17 bits per heavy atom. The molecule has 5 rings (SSSR count). The van der Waals surface area contributed by atoms with Gasteiger partial charge >= 0.3 is 0 Å². The van der Waals surface area contributed by atoms with Gasteiger partial charge in [0.25, 0.3) is 5.56 Å². The minimum atomic E-state index is -0.174. The molecule has 8 nitrogen and oxygen atoms in total. The minimum absolute atomic E-state index is 0.174. The fraction of sp³-hybridized carbons (Fsp3) is 0.100. The second-order valence-corrected chi connectivity index (χ2v) is 7.26. The number of rotatable bonds is 5. The van der Waals surface area contributed by atoms with E-state index in [9.17, 15) is 4.79 Å². The third-order valence-corrected chi connectivity index (χ3v) is 5.39. The zero-order valence-electron chi connectivity index (χ0n) is 15.3. The first kappa shape index (κ1) is 17.4. The molecule has 0 unspecified atom stereocenters. The standard InChI is InChI=1S/C20H15N5O3S/c1-27-14-6-4-13(5-7-14)19-21-18(28-23-19)12-24-8-9-25-16(20(24)26)11-15(22-25)17-3-2-10-29-17/h2-11H,12H2,1H3. The largest absolute Gasteiger partial charge is 0.497 e. The number of hydrogen-bond donors (Lipinski definition) is 0. The van der Waals surface area contributed by atoms with Crippen LogP contribution in [0.4, 0.5) is 0 Å². The Bertz CT molecular complexity index is 1330. The third-order valence-electron chi connectivity index (χ3n) is 4.50. The first-order chi connectivity index (χ1) is 14.2. The molecule has 1 aromatic carbocycles. The Labute approximate surface area is 168 Å². The predicted octanol–water partition coefficient (Wildman–Crippen LogP) is 3.33. The van der Waals surface area contributed by atoms with E-state index in [1.807, 2.05) is 41.8 Å². The van der Waals surface area contributed by atoms with Gasteiger partial charge < -0.3 is 13.8 Å². The van der Waals surface area contributed by atoms with Crippen LogP contribution in [-0.2, 0) is 6.54 Å². The highest BCUT2D eigenvalue weighted by Gasteiger charge is 2.13. The van der Waals surface area contributed by atoms with Crippen molar-refractivity contribution >= 4 is 16.9 Å². The molecule has 5 aromatic rings. The molecule has 9 heteroatoms. The van der Waals surface area contributed by atoms with Crippen LogP contribution in [0.3, 0.4) is 0 Å². The summed E-state index contributed by atoms with van der Waals surface area (Å²) in [5, 5.41) is 10.5. The molecule has 0 spiro atoms. The molecule has 4 heterocycles. The number of benzene rings is 1. The van der Waals surface area contributed by atoms with Crippen molar-refractivity contribution in [2.24, 2.45) is 0 Å². The van der Waals surface area contributed by atoms with Crippen LogP contribution in [0.25, 0.3) is 27.5 Å². The Balaban J connectivity index is 1.43. The summed E-state index contributed by atoms with van der Waals surface area (Å²) in [5.74, 6) is 1.56. The van der Waals surface area contributed by atoms with Crippen molar-refractivity contribution in [1.29, 1.82) is 0 Å². The van der Waals surface area contributed by atoms with Crippen LogP contribution >= 0.6 is 11.3 Å². The van der Waals surface area contributed by atoms with Gasteiger partial charge in [0.15, 0.2) is 0 Å². The number of nitrogens with zero attached hydrogens (tertiary/aromatic N) is 5. The minimum Gasteiger partial charge on any atom is -0.497 e. The number of ether oxygens (including phenoxy) is 1. The fourth-order valence-corrected chi connectivity index (χ4v) is 3.70. The van der Waals surface area contributed by atoms with E-state index < -0.39 is 0 Å². The number of aromatic nitrogens is 5. The highest BCUT2D eigenvalue weighted by atomic mass is 32.1. The summed E-state index contributed by atoms with van der Waals surface area (Å²) in [6, 6.07) is 13.1. The van der Waals surface area contributed by atoms with Crippen molar-refractivity contribution in [1.82, 2.24) is 24.3 Å². The summed E-state index contributed by atoms with van der Waals surface area (Å²) < 4.78 is 13.6. The van der Waals surface area contributed by atoms with E-state index in [4.69, 9.17) is 9.26 Å². The first-order valence-electron chi connectivity index (χ1n) is 8.81. The maximum Gasteiger partial charge on any atom is 0.277 e. The van der Waals surface area contributed by atoms with Crippen molar-refractivity contribution in [3.05, 3.63) is 76.5 Å². The van der Waals surface area contributed by atoms with Crippen LogP contribution in [0, 0.1) is 0 Å². The Kier molecular flexibility index (Phi) is 4.21. The van der Waals surface area contributed by atoms with Crippen molar-refractivity contribution in [3.63, 3.8) is 0 Å². The van der Waals surface area contributed by atoms with Gasteiger partial charge in [-0.25, -0.2) is 4.52 Å². The molecule has 0 fully saturated rings. The maximum absolute atomic E-state index is 12.9. The van der Waals surface area contributed by atoms with Gasteiger partial charge in [0.1, 0.15) is 23.5 Å². The van der Waals surface area contributed by atoms with E-state index in [0.717, 1.165) is 21.9 Å². The van der Waals surface area contributed by atoms with Gasteiger partial charge in [-0.1, -0.05) is 11.2 Å². The van der Waals surface area contributed by atoms with Crippen molar-refractivity contribution < 1.29 is 9.26 Å². The van der Waals surface area contributed by atoms with Gasteiger partial charge in [-0.15, -0.1) is 11.3 Å². The van der Waals surface area contributed by atoms with Crippen LogP contribution < -0.4 is 10.3 Å². The lowest BCUT2D eigenvalue weighted by Gasteiger charge is -2.02. The average Bonchev–Trinajstić information content (AvgIpc) is 3.50. The molecular weight excluding hydrogens is 390 g/mol. The highest BCUT2D eigenvalue weighted by molar-refractivity contribution is 7.13. The monoisotopic (exact) mass is 405 g/mol. The number of methoxy groups -OCH3 is 1. The van der Waals surface area contributed by atoms with Gasteiger partial charge in [0.2, 0.25) is 11.7 Å². The molecule has 29 heavy (non-hydrogen) atoms. The molecule has 0 bridgehead atoms. The second-order valence-electron chi connectivity index (χ2n) is 6.31. The molecule has 144 valence electrons. The maximum atomic E-state index is 12.9. The molecule has 0 amide bonds. The van der Waals surface area contributed by atoms with Gasteiger partial charge in [0, 0.05) is 18.0 Å². The predicted molar refractivity (Wildman–Crippen MR) is 108 cm³/mol. The SMILES string of the molecule is COc1ccc(-c2noc(Cn3ccn4nc(-c5cccs5)cc4c3=O)n2)cc1. The number of hydrogen-bond acceptors (Lipinski definition) is 7. The normalized spacial score (nSPS) is 11.2. The summed E-state index contributed by atoms with van der Waals surface area (Å²) in [7, 11) is 1.61. The number of thiophene rings is 1. The molecule has 0 saturated heterocycles. The Hall–Kier alpha value is -3.72. The molecule has 0 aliphatic heterocycles. The van der Waals surface area contributed by atoms with Crippen molar-refractivity contribution in [2.75, 3.05) is 7.11 Å². The molecule has 0 aliphatic carbocycles. The first-order valence-corrected chi connectivity index (χ1v) is 9.69. The quantitative estimate of drug-likeness (QED) is 0.446. The molecule has 4 aromatic heterocycles. The van der Waals surface area contributed by atoms with E-state index in [0.29, 0.717) is 17.2 Å². The zero-order chi connectivity index (χ0) is 19.8. The van der Waals surface area contributed by atoms with Gasteiger partial charge in [0.05, 0.1) is 12.0 Å². The van der Waals surface area contributed by atoms with E-state index in [1.165, 1.54) is 4.57 Å². The molecule has 0 atom stereocenters. The lowest BCUT2D eigenvalue weighted by atomic mass is 10.2. The van der Waals surface area contributed by atoms with E-state index in [-0.39, 0.29) is 12.1 Å². The van der Waals surface area contributed by atoms with Gasteiger partial charge in [-0.2, -0.15) is 10.1 Å². The van der Waals surface area contributed by atoms with E-state index in [1.54, 1.807) is 41.4 Å². The second kappa shape index (κ2) is 7.02. The Morgan fingerprint density at radius 3 is 2.79 bits per heavy atom. The van der Waals surface area contributed by atoms with Crippen molar-refractivity contribution in [2.45, 2.75) is 6.54 Å². The van der Waals surface area contributed by atoms with Gasteiger partial charge in [-0.3, -0.25) is 4.79 Å². The lowest BCUT2D eigenvalue weighted by Crippen LogP contribution is -2.21. The molecule has 0 N–H and O–H groups in total. The number of fused-ring (bicyclic) bond motifs is 1. The van der Waals surface area contributed by atoms with Crippen LogP contribution in [-0.4, -0.2) is 31.4 Å². The molecular formula is C20H15N5O3S. The van der Waals surface area contributed by atoms with Crippen LogP contribution in [0.2, 0.25) is 0 Å². The van der Waals surface area contributed by atoms with Crippen LogP contribution in [0.5, 0.6) is 5.75 Å². The van der Waals surface area contributed by atoms with E-state index >= 15 is 0 Å². The van der Waals surface area contributed by atoms with Crippen molar-refractivity contribution in [3.8, 4) is 27.7 Å². The van der Waals surface area contributed by atoms with Crippen LogP contribution in [0.15, 0.2) is 69.6 Å². The summed E-state index contributed by atoms with van der Waals surface area (Å²) in [4.78, 5) is 18.3. The summed E-state index contributed by atoms with van der Waals surface area (Å²) in [6.07, 6.45) is 3.41. The smallest absolute Gasteiger partial charge is 0.277 e. The third kappa shape index (κ3) is 3.21. The summed E-state index contributed by atoms with van der Waals surface area (Å²) >= 11 is 1.58. The molecule has 0 saturated carbocycles. The van der Waals surface area contributed by atoms with Gasteiger partial charge in [-0.05, 0) is 41.8 Å². The average molecular weight is 405 g/mol. The van der Waals surface area contributed by atoms with E-state index in [2.05, 4.69) is 15.2 Å². The highest BCUT2D eigenvalue weighted by Crippen LogP contribution is 2.23.